The highest BCUT2D eigenvalue weighted by Crippen LogP contribution is 2.18. The highest BCUT2D eigenvalue weighted by atomic mass is 127. The lowest BCUT2D eigenvalue weighted by atomic mass is 10.0. The first kappa shape index (κ1) is 25.7. The van der Waals surface area contributed by atoms with Gasteiger partial charge in [-0.15, -0.1) is 0 Å². The number of rotatable bonds is 10. The van der Waals surface area contributed by atoms with Gasteiger partial charge in [0, 0.05) is 28.1 Å². The highest BCUT2D eigenvalue weighted by molar-refractivity contribution is 14.1. The molecule has 0 aliphatic heterocycles. The Morgan fingerprint density at radius 2 is 1.62 bits per heavy atom. The number of ether oxygens (including phenoxy) is 1. The molecule has 0 heterocycles. The number of nitrogens with zero attached hydrogens (tertiary/aromatic N) is 1. The molecule has 0 radical (unpaired) electrons. The van der Waals surface area contributed by atoms with Crippen LogP contribution >= 0.6 is 22.6 Å². The zero-order valence-electron chi connectivity index (χ0n) is 19.2. The Morgan fingerprint density at radius 1 is 0.971 bits per heavy atom. The predicted octanol–water partition coefficient (Wildman–Crippen LogP) is 4.97. The van der Waals surface area contributed by atoms with Crippen molar-refractivity contribution >= 4 is 34.4 Å². The molecule has 0 fully saturated rings. The Bertz CT molecular complexity index is 1090. The van der Waals surface area contributed by atoms with Gasteiger partial charge in [0.1, 0.15) is 17.6 Å². The molecule has 3 aromatic carbocycles. The summed E-state index contributed by atoms with van der Waals surface area (Å²) in [5.41, 5.74) is 1.23. The number of hydrogen-bond donors (Lipinski definition) is 1. The van der Waals surface area contributed by atoms with E-state index in [1.54, 1.807) is 30.3 Å². The molecule has 0 saturated carbocycles. The summed E-state index contributed by atoms with van der Waals surface area (Å²) in [4.78, 5) is 28.1. The molecule has 34 heavy (non-hydrogen) atoms. The van der Waals surface area contributed by atoms with Crippen LogP contribution in [0.15, 0.2) is 78.9 Å². The third-order valence-electron chi connectivity index (χ3n) is 5.18. The van der Waals surface area contributed by atoms with E-state index >= 15 is 0 Å². The summed E-state index contributed by atoms with van der Waals surface area (Å²) >= 11 is 2.19. The summed E-state index contributed by atoms with van der Waals surface area (Å²) in [6.07, 6.45) is 0.295. The normalized spacial score (nSPS) is 11.7. The summed E-state index contributed by atoms with van der Waals surface area (Å²) < 4.78 is 21.3. The molecule has 0 aliphatic carbocycles. The Hall–Kier alpha value is -2.94. The van der Waals surface area contributed by atoms with Crippen LogP contribution in [-0.2, 0) is 22.6 Å². The second-order valence-electron chi connectivity index (χ2n) is 8.22. The maximum Gasteiger partial charge on any atom is 0.261 e. The zero-order valence-corrected chi connectivity index (χ0v) is 21.4. The molecule has 0 spiro atoms. The first-order valence-electron chi connectivity index (χ1n) is 11.1. The molecule has 1 atom stereocenters. The number of carbonyl (C=O) groups excluding carboxylic acids is 2. The molecule has 0 unspecified atom stereocenters. The average molecular weight is 574 g/mol. The fourth-order valence-electron chi connectivity index (χ4n) is 3.50. The van der Waals surface area contributed by atoms with Crippen LogP contribution < -0.4 is 10.1 Å². The van der Waals surface area contributed by atoms with Crippen LogP contribution in [0.2, 0.25) is 0 Å². The van der Waals surface area contributed by atoms with Gasteiger partial charge in [0.15, 0.2) is 6.61 Å². The van der Waals surface area contributed by atoms with Crippen LogP contribution in [0.25, 0.3) is 0 Å². The summed E-state index contributed by atoms with van der Waals surface area (Å²) in [5.74, 6) is -0.577. The van der Waals surface area contributed by atoms with E-state index in [9.17, 15) is 14.0 Å². The van der Waals surface area contributed by atoms with Crippen molar-refractivity contribution in [2.24, 2.45) is 0 Å². The molecule has 0 bridgehead atoms. The van der Waals surface area contributed by atoms with Gasteiger partial charge in [0.25, 0.3) is 5.91 Å². The minimum absolute atomic E-state index is 0.0510. The van der Waals surface area contributed by atoms with Gasteiger partial charge in [-0.3, -0.25) is 9.59 Å². The fraction of sp³-hybridized carbons (Fsp3) is 0.259. The second-order valence-corrected chi connectivity index (χ2v) is 9.47. The minimum Gasteiger partial charge on any atom is -0.484 e. The van der Waals surface area contributed by atoms with Gasteiger partial charge in [0.05, 0.1) is 0 Å². The molecular formula is C27H28FIN2O3. The van der Waals surface area contributed by atoms with Crippen LogP contribution in [0.5, 0.6) is 5.75 Å². The van der Waals surface area contributed by atoms with Crippen LogP contribution in [0.1, 0.15) is 25.0 Å². The number of nitrogens with one attached hydrogen (secondary N) is 1. The lowest BCUT2D eigenvalue weighted by molar-refractivity contribution is -0.143. The molecule has 0 aliphatic rings. The maximum absolute atomic E-state index is 14.5. The fourth-order valence-corrected chi connectivity index (χ4v) is 3.86. The van der Waals surface area contributed by atoms with Crippen LogP contribution in [0.3, 0.4) is 0 Å². The first-order valence-corrected chi connectivity index (χ1v) is 12.2. The van der Waals surface area contributed by atoms with Crippen LogP contribution in [-0.4, -0.2) is 35.4 Å². The van der Waals surface area contributed by atoms with Gasteiger partial charge < -0.3 is 15.0 Å². The number of benzene rings is 3. The summed E-state index contributed by atoms with van der Waals surface area (Å²) in [5, 5.41) is 2.91. The van der Waals surface area contributed by atoms with Gasteiger partial charge in [0.2, 0.25) is 5.91 Å². The Kier molecular flexibility index (Phi) is 9.44. The van der Waals surface area contributed by atoms with Crippen molar-refractivity contribution in [1.29, 1.82) is 0 Å². The quantitative estimate of drug-likeness (QED) is 0.348. The van der Waals surface area contributed by atoms with E-state index in [0.717, 1.165) is 9.13 Å². The van der Waals surface area contributed by atoms with E-state index in [1.165, 1.54) is 11.0 Å². The molecule has 3 rings (SSSR count). The van der Waals surface area contributed by atoms with Gasteiger partial charge in [-0.1, -0.05) is 48.5 Å². The Labute approximate surface area is 213 Å². The monoisotopic (exact) mass is 574 g/mol. The molecule has 2 amide bonds. The SMILES string of the molecule is CC(C)NC(=O)[C@@H](Cc1ccccc1)N(Cc1ccccc1F)C(=O)COc1ccc(I)cc1. The molecular weight excluding hydrogens is 546 g/mol. The van der Waals surface area contributed by atoms with E-state index in [4.69, 9.17) is 4.74 Å². The molecule has 0 aromatic heterocycles. The van der Waals surface area contributed by atoms with Crippen molar-refractivity contribution in [1.82, 2.24) is 10.2 Å². The van der Waals surface area contributed by atoms with E-state index in [0.29, 0.717) is 17.7 Å². The van der Waals surface area contributed by atoms with E-state index < -0.39 is 17.8 Å². The third kappa shape index (κ3) is 7.55. The smallest absolute Gasteiger partial charge is 0.261 e. The number of hydrogen-bond acceptors (Lipinski definition) is 3. The number of amides is 2. The van der Waals surface area contributed by atoms with Gasteiger partial charge in [-0.05, 0) is 72.3 Å². The lowest BCUT2D eigenvalue weighted by Crippen LogP contribution is -2.53. The first-order chi connectivity index (χ1) is 16.3. The average Bonchev–Trinajstić information content (AvgIpc) is 2.82. The van der Waals surface area contributed by atoms with E-state index in [1.807, 2.05) is 56.3 Å². The molecule has 178 valence electrons. The summed E-state index contributed by atoms with van der Waals surface area (Å²) in [6, 6.07) is 22.1. The topological polar surface area (TPSA) is 58.6 Å². The van der Waals surface area contributed by atoms with Crippen LogP contribution in [0, 0.1) is 9.39 Å². The van der Waals surface area contributed by atoms with Crippen molar-refractivity contribution in [3.8, 4) is 5.75 Å². The largest absolute Gasteiger partial charge is 0.484 e. The minimum atomic E-state index is -0.836. The Morgan fingerprint density at radius 3 is 2.26 bits per heavy atom. The molecule has 1 N–H and O–H groups in total. The van der Waals surface area contributed by atoms with Gasteiger partial charge in [-0.2, -0.15) is 0 Å². The van der Waals surface area contributed by atoms with Gasteiger partial charge >= 0.3 is 0 Å². The number of halogens is 2. The predicted molar refractivity (Wildman–Crippen MR) is 139 cm³/mol. The van der Waals surface area contributed by atoms with Crippen molar-refractivity contribution in [2.45, 2.75) is 38.9 Å². The van der Waals surface area contributed by atoms with Gasteiger partial charge in [-0.25, -0.2) is 4.39 Å². The molecule has 5 nitrogen and oxygen atoms in total. The third-order valence-corrected chi connectivity index (χ3v) is 5.90. The van der Waals surface area contributed by atoms with Crippen molar-refractivity contribution in [2.75, 3.05) is 6.61 Å². The summed E-state index contributed by atoms with van der Waals surface area (Å²) in [7, 11) is 0. The summed E-state index contributed by atoms with van der Waals surface area (Å²) in [6.45, 7) is 3.40. The van der Waals surface area contributed by atoms with E-state index in [2.05, 4.69) is 27.9 Å². The van der Waals surface area contributed by atoms with Crippen molar-refractivity contribution in [3.63, 3.8) is 0 Å². The molecule has 3 aromatic rings. The maximum atomic E-state index is 14.5. The highest BCUT2D eigenvalue weighted by Gasteiger charge is 2.31. The number of carbonyl (C=O) groups is 2. The van der Waals surface area contributed by atoms with Crippen molar-refractivity contribution < 1.29 is 18.7 Å². The second kappa shape index (κ2) is 12.5. The van der Waals surface area contributed by atoms with E-state index in [-0.39, 0.29) is 25.1 Å². The lowest BCUT2D eigenvalue weighted by Gasteiger charge is -2.32. The zero-order chi connectivity index (χ0) is 24.5. The standard InChI is InChI=1S/C27H28FIN2O3/c1-19(2)30-27(33)25(16-20-8-4-3-5-9-20)31(17-21-10-6-7-11-24(21)28)26(32)18-34-23-14-12-22(29)13-15-23/h3-15,19,25H,16-18H2,1-2H3,(H,30,33)/t25-/m1/s1. The molecule has 0 saturated heterocycles. The van der Waals surface area contributed by atoms with Crippen LogP contribution in [0.4, 0.5) is 4.39 Å². The van der Waals surface area contributed by atoms with Crippen molar-refractivity contribution in [3.05, 3.63) is 99.4 Å². The molecule has 7 heteroatoms. The Balaban J connectivity index is 1.91.